The van der Waals surface area contributed by atoms with Crippen LogP contribution in [0.15, 0.2) is 22.7 Å². The highest BCUT2D eigenvalue weighted by Gasteiger charge is 2.16. The topological polar surface area (TPSA) is 29.1 Å². The predicted molar refractivity (Wildman–Crippen MR) is 61.7 cm³/mol. The number of hydrogen-bond acceptors (Lipinski definition) is 1. The number of halogens is 3. The third kappa shape index (κ3) is 3.18. The summed E-state index contributed by atoms with van der Waals surface area (Å²) >= 11 is 8.67. The van der Waals surface area contributed by atoms with Crippen LogP contribution in [0.25, 0.3) is 0 Å². The molecule has 82 valence electrons. The molecule has 0 spiro atoms. The summed E-state index contributed by atoms with van der Waals surface area (Å²) in [6.07, 6.45) is 0. The highest BCUT2D eigenvalue weighted by molar-refractivity contribution is 9.10. The van der Waals surface area contributed by atoms with Gasteiger partial charge in [0.05, 0.1) is 5.56 Å². The number of carbonyl (C=O) groups excluding carboxylic acids is 1. The first-order valence-electron chi connectivity index (χ1n) is 4.37. The van der Waals surface area contributed by atoms with E-state index in [0.717, 1.165) is 0 Å². The van der Waals surface area contributed by atoms with Crippen molar-refractivity contribution in [1.29, 1.82) is 0 Å². The quantitative estimate of drug-likeness (QED) is 0.853. The number of benzene rings is 1. The minimum atomic E-state index is -0.552. The van der Waals surface area contributed by atoms with Gasteiger partial charge >= 0.3 is 0 Å². The summed E-state index contributed by atoms with van der Waals surface area (Å²) in [5.74, 6) is -0.727. The summed E-state index contributed by atoms with van der Waals surface area (Å²) in [6, 6.07) is 4.20. The van der Waals surface area contributed by atoms with E-state index >= 15 is 0 Å². The van der Waals surface area contributed by atoms with Crippen LogP contribution in [0.1, 0.15) is 17.3 Å². The Morgan fingerprint density at radius 1 is 1.67 bits per heavy atom. The lowest BCUT2D eigenvalue weighted by Gasteiger charge is -2.11. The second-order valence-electron chi connectivity index (χ2n) is 3.13. The number of hydrogen-bond donors (Lipinski definition) is 1. The number of rotatable bonds is 3. The molecule has 0 saturated heterocycles. The van der Waals surface area contributed by atoms with Crippen molar-refractivity contribution in [3.05, 3.63) is 34.1 Å². The molecule has 1 N–H and O–H groups in total. The molecule has 2 nitrogen and oxygen atoms in total. The van der Waals surface area contributed by atoms with E-state index in [1.54, 1.807) is 13.0 Å². The molecule has 0 aliphatic rings. The molecule has 15 heavy (non-hydrogen) atoms. The second-order valence-corrected chi connectivity index (χ2v) is 4.29. The molecule has 1 rings (SSSR count). The van der Waals surface area contributed by atoms with Crippen molar-refractivity contribution in [2.45, 2.75) is 13.0 Å². The van der Waals surface area contributed by atoms with Crippen LogP contribution in [0.5, 0.6) is 0 Å². The average Bonchev–Trinajstić information content (AvgIpc) is 2.17. The summed E-state index contributed by atoms with van der Waals surface area (Å²) in [5.41, 5.74) is 0.00877. The lowest BCUT2D eigenvalue weighted by Crippen LogP contribution is -2.34. The van der Waals surface area contributed by atoms with Gasteiger partial charge in [-0.1, -0.05) is 6.07 Å². The first kappa shape index (κ1) is 12.5. The molecule has 0 heterocycles. The van der Waals surface area contributed by atoms with E-state index < -0.39 is 11.7 Å². The molecular weight excluding hydrogens is 284 g/mol. The van der Waals surface area contributed by atoms with Gasteiger partial charge in [-0.3, -0.25) is 4.79 Å². The molecule has 1 unspecified atom stereocenters. The fourth-order valence-corrected chi connectivity index (χ4v) is 1.65. The highest BCUT2D eigenvalue weighted by Crippen LogP contribution is 2.19. The van der Waals surface area contributed by atoms with Crippen molar-refractivity contribution in [1.82, 2.24) is 5.32 Å². The Hall–Kier alpha value is -0.610. The van der Waals surface area contributed by atoms with Gasteiger partial charge in [0.15, 0.2) is 0 Å². The van der Waals surface area contributed by atoms with Gasteiger partial charge in [0.25, 0.3) is 5.91 Å². The standard InChI is InChI=1S/C10H10BrClFNO/c1-6(5-12)14-10(15)9-7(11)3-2-4-8(9)13/h2-4,6H,5H2,1H3,(H,14,15). The van der Waals surface area contributed by atoms with E-state index in [0.29, 0.717) is 4.47 Å². The van der Waals surface area contributed by atoms with Crippen LogP contribution in [0, 0.1) is 5.82 Å². The van der Waals surface area contributed by atoms with Crippen LogP contribution in [-0.4, -0.2) is 17.8 Å². The van der Waals surface area contributed by atoms with Crippen LogP contribution >= 0.6 is 27.5 Å². The first-order valence-corrected chi connectivity index (χ1v) is 5.70. The molecule has 0 aliphatic heterocycles. The van der Waals surface area contributed by atoms with Crippen LogP contribution in [0.2, 0.25) is 0 Å². The van der Waals surface area contributed by atoms with Crippen LogP contribution in [0.3, 0.4) is 0 Å². The fraction of sp³-hybridized carbons (Fsp3) is 0.300. The van der Waals surface area contributed by atoms with E-state index in [9.17, 15) is 9.18 Å². The van der Waals surface area contributed by atoms with Crippen molar-refractivity contribution in [2.24, 2.45) is 0 Å². The molecule has 0 aromatic heterocycles. The summed E-state index contributed by atoms with van der Waals surface area (Å²) < 4.78 is 13.8. The maximum atomic E-state index is 13.3. The van der Waals surface area contributed by atoms with Gasteiger partial charge in [-0.2, -0.15) is 0 Å². The smallest absolute Gasteiger partial charge is 0.255 e. The van der Waals surface area contributed by atoms with Gasteiger partial charge < -0.3 is 5.32 Å². The Balaban J connectivity index is 2.91. The molecule has 1 amide bonds. The molecular formula is C10H10BrClFNO. The molecule has 0 saturated carbocycles. The zero-order valence-corrected chi connectivity index (χ0v) is 10.4. The van der Waals surface area contributed by atoms with Gasteiger partial charge in [-0.15, -0.1) is 11.6 Å². The number of carbonyl (C=O) groups is 1. The highest BCUT2D eigenvalue weighted by atomic mass is 79.9. The van der Waals surface area contributed by atoms with E-state index in [1.165, 1.54) is 12.1 Å². The lowest BCUT2D eigenvalue weighted by atomic mass is 10.2. The molecule has 1 aromatic rings. The summed E-state index contributed by atoms with van der Waals surface area (Å²) in [7, 11) is 0. The summed E-state index contributed by atoms with van der Waals surface area (Å²) in [4.78, 5) is 11.6. The minimum Gasteiger partial charge on any atom is -0.348 e. The van der Waals surface area contributed by atoms with Crippen molar-refractivity contribution < 1.29 is 9.18 Å². The van der Waals surface area contributed by atoms with E-state index in [2.05, 4.69) is 21.2 Å². The van der Waals surface area contributed by atoms with Crippen LogP contribution < -0.4 is 5.32 Å². The molecule has 1 aromatic carbocycles. The van der Waals surface area contributed by atoms with E-state index in [4.69, 9.17) is 11.6 Å². The van der Waals surface area contributed by atoms with E-state index in [1.807, 2.05) is 0 Å². The van der Waals surface area contributed by atoms with Crippen LogP contribution in [-0.2, 0) is 0 Å². The summed E-state index contributed by atoms with van der Waals surface area (Å²) in [5, 5.41) is 2.59. The molecule has 0 bridgehead atoms. The van der Waals surface area contributed by atoms with Gasteiger partial charge in [0, 0.05) is 16.4 Å². The van der Waals surface area contributed by atoms with Crippen LogP contribution in [0.4, 0.5) is 4.39 Å². The predicted octanol–water partition coefficient (Wildman–Crippen LogP) is 2.95. The Bertz CT molecular complexity index is 352. The monoisotopic (exact) mass is 293 g/mol. The largest absolute Gasteiger partial charge is 0.348 e. The van der Waals surface area contributed by atoms with E-state index in [-0.39, 0.29) is 17.5 Å². The third-order valence-electron chi connectivity index (χ3n) is 1.80. The first-order chi connectivity index (χ1) is 7.06. The maximum Gasteiger partial charge on any atom is 0.255 e. The number of nitrogens with one attached hydrogen (secondary N) is 1. The fourth-order valence-electron chi connectivity index (χ4n) is 1.05. The van der Waals surface area contributed by atoms with Gasteiger partial charge in [0.1, 0.15) is 5.82 Å². The number of alkyl halides is 1. The normalized spacial score (nSPS) is 12.3. The minimum absolute atomic E-state index is 0.00877. The van der Waals surface area contributed by atoms with Crippen molar-refractivity contribution in [2.75, 3.05) is 5.88 Å². The van der Waals surface area contributed by atoms with Crippen molar-refractivity contribution in [3.8, 4) is 0 Å². The zero-order chi connectivity index (χ0) is 11.4. The third-order valence-corrected chi connectivity index (χ3v) is 2.92. The number of amides is 1. The maximum absolute atomic E-state index is 13.3. The Morgan fingerprint density at radius 2 is 2.33 bits per heavy atom. The Kier molecular flexibility index (Phi) is 4.54. The van der Waals surface area contributed by atoms with Gasteiger partial charge in [-0.05, 0) is 35.0 Å². The lowest BCUT2D eigenvalue weighted by molar-refractivity contribution is 0.0938. The Morgan fingerprint density at radius 3 is 2.87 bits per heavy atom. The second kappa shape index (κ2) is 5.47. The molecule has 5 heteroatoms. The molecule has 0 aliphatic carbocycles. The SMILES string of the molecule is CC(CCl)NC(=O)c1c(F)cccc1Br. The van der Waals surface area contributed by atoms with Gasteiger partial charge in [-0.25, -0.2) is 4.39 Å². The average molecular weight is 295 g/mol. The Labute approximate surface area is 101 Å². The summed E-state index contributed by atoms with van der Waals surface area (Å²) in [6.45, 7) is 1.75. The van der Waals surface area contributed by atoms with Crippen molar-refractivity contribution in [3.63, 3.8) is 0 Å². The van der Waals surface area contributed by atoms with Crippen molar-refractivity contribution >= 4 is 33.4 Å². The molecule has 0 fully saturated rings. The van der Waals surface area contributed by atoms with Gasteiger partial charge in [0.2, 0.25) is 0 Å². The molecule has 0 radical (unpaired) electrons. The molecule has 1 atom stereocenters. The zero-order valence-electron chi connectivity index (χ0n) is 8.06.